The van der Waals surface area contributed by atoms with Gasteiger partial charge in [-0.3, -0.25) is 14.4 Å². The van der Waals surface area contributed by atoms with E-state index < -0.39 is 11.8 Å². The Bertz CT molecular complexity index is 1680. The Morgan fingerprint density at radius 2 is 1.60 bits per heavy atom. The molecule has 3 N–H and O–H groups in total. The van der Waals surface area contributed by atoms with Gasteiger partial charge in [0.2, 0.25) is 5.91 Å². The van der Waals surface area contributed by atoms with Crippen LogP contribution in [0.1, 0.15) is 40.4 Å². The van der Waals surface area contributed by atoms with Gasteiger partial charge in [0, 0.05) is 21.8 Å². The van der Waals surface area contributed by atoms with Crippen molar-refractivity contribution < 1.29 is 14.4 Å². The molecule has 9 heteroatoms. The Balaban J connectivity index is 1.53. The predicted molar refractivity (Wildman–Crippen MR) is 178 cm³/mol. The average molecular weight is 633 g/mol. The molecule has 4 aromatic rings. The lowest BCUT2D eigenvalue weighted by Gasteiger charge is -2.17. The molecule has 0 saturated carbocycles. The van der Waals surface area contributed by atoms with E-state index in [1.165, 1.54) is 17.8 Å². The second kappa shape index (κ2) is 14.9. The maximum absolute atomic E-state index is 13.5. The van der Waals surface area contributed by atoms with Gasteiger partial charge in [-0.25, -0.2) is 0 Å². The summed E-state index contributed by atoms with van der Waals surface area (Å²) >= 11 is 14.0. The van der Waals surface area contributed by atoms with Crippen LogP contribution < -0.4 is 16.0 Å². The number of halogens is 2. The van der Waals surface area contributed by atoms with Crippen molar-refractivity contribution in [2.24, 2.45) is 0 Å². The maximum atomic E-state index is 13.5. The molecule has 0 radical (unpaired) electrons. The van der Waals surface area contributed by atoms with Gasteiger partial charge in [-0.1, -0.05) is 84.2 Å². The Kier molecular flexibility index (Phi) is 11.1. The molecule has 0 aliphatic heterocycles. The number of hydrogen-bond donors (Lipinski definition) is 3. The summed E-state index contributed by atoms with van der Waals surface area (Å²) < 4.78 is 0. The van der Waals surface area contributed by atoms with Gasteiger partial charge < -0.3 is 16.0 Å². The fourth-order valence-corrected chi connectivity index (χ4v) is 5.60. The van der Waals surface area contributed by atoms with Gasteiger partial charge in [0.25, 0.3) is 11.8 Å². The summed E-state index contributed by atoms with van der Waals surface area (Å²) in [5.74, 6) is -1.10. The highest BCUT2D eigenvalue weighted by Gasteiger charge is 2.20. The minimum Gasteiger partial charge on any atom is -0.325 e. The van der Waals surface area contributed by atoms with Crippen LogP contribution in [0.4, 0.5) is 11.4 Å². The number of nitrogens with one attached hydrogen (secondary N) is 3. The number of hydrogen-bond acceptors (Lipinski definition) is 4. The first-order chi connectivity index (χ1) is 20.6. The Morgan fingerprint density at radius 1 is 0.860 bits per heavy atom. The van der Waals surface area contributed by atoms with Crippen molar-refractivity contribution in [1.82, 2.24) is 5.32 Å². The second-order valence-electron chi connectivity index (χ2n) is 9.83. The standard InChI is InChI=1S/C34H31Cl2N3O3S/c1-4-30(34(42)38-28-17-16-21(2)18-22(28)3)43-26-14-9-13-25(20-26)37-33(41)29(19-24-12-8-15-27(35)31(24)36)39-32(40)23-10-6-5-7-11-23/h5-20,30H,4H2,1-3H3,(H,37,41)(H,38,42)(H,39,40)/b29-19+. The minimum absolute atomic E-state index is 0.0182. The van der Waals surface area contributed by atoms with Crippen LogP contribution in [0.25, 0.3) is 6.08 Å². The monoisotopic (exact) mass is 631 g/mol. The average Bonchev–Trinajstić information content (AvgIpc) is 2.99. The highest BCUT2D eigenvalue weighted by molar-refractivity contribution is 8.00. The van der Waals surface area contributed by atoms with Gasteiger partial charge in [-0.2, -0.15) is 0 Å². The van der Waals surface area contributed by atoms with Crippen LogP contribution in [0, 0.1) is 13.8 Å². The van der Waals surface area contributed by atoms with E-state index in [-0.39, 0.29) is 21.9 Å². The fourth-order valence-electron chi connectivity index (χ4n) is 4.23. The van der Waals surface area contributed by atoms with Gasteiger partial charge >= 0.3 is 0 Å². The van der Waals surface area contributed by atoms with Crippen molar-refractivity contribution >= 4 is 70.1 Å². The quantitative estimate of drug-likeness (QED) is 0.121. The lowest BCUT2D eigenvalue weighted by molar-refractivity contribution is -0.116. The molecule has 0 aromatic heterocycles. The molecule has 3 amide bonds. The molecular weight excluding hydrogens is 601 g/mol. The SMILES string of the molecule is CCC(Sc1cccc(NC(=O)/C(=C\c2cccc(Cl)c2Cl)NC(=O)c2ccccc2)c1)C(=O)Nc1ccc(C)cc1C. The maximum Gasteiger partial charge on any atom is 0.272 e. The topological polar surface area (TPSA) is 87.3 Å². The van der Waals surface area contributed by atoms with Crippen molar-refractivity contribution in [3.8, 4) is 0 Å². The van der Waals surface area contributed by atoms with E-state index in [1.54, 1.807) is 66.7 Å². The zero-order valence-corrected chi connectivity index (χ0v) is 26.2. The molecule has 43 heavy (non-hydrogen) atoms. The summed E-state index contributed by atoms with van der Waals surface area (Å²) in [6.45, 7) is 5.93. The van der Waals surface area contributed by atoms with E-state index in [1.807, 2.05) is 45.0 Å². The summed E-state index contributed by atoms with van der Waals surface area (Å²) in [4.78, 5) is 40.4. The van der Waals surface area contributed by atoms with Gasteiger partial charge in [-0.15, -0.1) is 11.8 Å². The number of amides is 3. The number of aryl methyl sites for hydroxylation is 2. The van der Waals surface area contributed by atoms with Gasteiger partial charge in [-0.05, 0) is 79.9 Å². The zero-order chi connectivity index (χ0) is 30.9. The van der Waals surface area contributed by atoms with Crippen LogP contribution in [-0.4, -0.2) is 23.0 Å². The minimum atomic E-state index is -0.554. The Labute approximate surface area is 265 Å². The summed E-state index contributed by atoms with van der Waals surface area (Å²) in [6.07, 6.45) is 2.09. The van der Waals surface area contributed by atoms with Crippen LogP contribution in [0.5, 0.6) is 0 Å². The molecule has 0 spiro atoms. The lowest BCUT2D eigenvalue weighted by atomic mass is 10.1. The number of anilines is 2. The summed E-state index contributed by atoms with van der Waals surface area (Å²) in [6, 6.07) is 26.7. The van der Waals surface area contributed by atoms with E-state index in [0.717, 1.165) is 21.7 Å². The van der Waals surface area contributed by atoms with E-state index in [4.69, 9.17) is 23.2 Å². The van der Waals surface area contributed by atoms with Gasteiger partial charge in [0.15, 0.2) is 0 Å². The molecule has 0 aliphatic carbocycles. The van der Waals surface area contributed by atoms with Gasteiger partial charge in [0.05, 0.1) is 15.3 Å². The molecule has 4 aromatic carbocycles. The molecule has 0 heterocycles. The normalized spacial score (nSPS) is 11.9. The van der Waals surface area contributed by atoms with E-state index in [9.17, 15) is 14.4 Å². The summed E-state index contributed by atoms with van der Waals surface area (Å²) in [5, 5.41) is 8.82. The van der Waals surface area contributed by atoms with Crippen LogP contribution in [0.2, 0.25) is 10.0 Å². The van der Waals surface area contributed by atoms with E-state index in [2.05, 4.69) is 16.0 Å². The van der Waals surface area contributed by atoms with Crippen LogP contribution in [0.15, 0.2) is 102 Å². The van der Waals surface area contributed by atoms with Crippen LogP contribution >= 0.6 is 35.0 Å². The molecule has 1 atom stereocenters. The molecule has 0 saturated heterocycles. The zero-order valence-electron chi connectivity index (χ0n) is 23.9. The number of carbonyl (C=O) groups is 3. The molecule has 220 valence electrons. The van der Waals surface area contributed by atoms with Crippen LogP contribution in [0.3, 0.4) is 0 Å². The highest BCUT2D eigenvalue weighted by atomic mass is 35.5. The first-order valence-electron chi connectivity index (χ1n) is 13.6. The number of carbonyl (C=O) groups excluding carboxylic acids is 3. The first-order valence-corrected chi connectivity index (χ1v) is 15.3. The number of rotatable bonds is 10. The number of benzene rings is 4. The Hall–Kier alpha value is -4.04. The third-order valence-electron chi connectivity index (χ3n) is 6.48. The van der Waals surface area contributed by atoms with Crippen molar-refractivity contribution in [3.63, 3.8) is 0 Å². The second-order valence-corrected chi connectivity index (χ2v) is 11.9. The lowest BCUT2D eigenvalue weighted by Crippen LogP contribution is -2.30. The van der Waals surface area contributed by atoms with Crippen molar-refractivity contribution in [1.29, 1.82) is 0 Å². The van der Waals surface area contributed by atoms with E-state index >= 15 is 0 Å². The third kappa shape index (κ3) is 8.74. The molecule has 4 rings (SSSR count). The highest BCUT2D eigenvalue weighted by Crippen LogP contribution is 2.30. The fraction of sp³-hybridized carbons (Fsp3) is 0.147. The molecule has 1 unspecified atom stereocenters. The molecule has 0 aliphatic rings. The summed E-state index contributed by atoms with van der Waals surface area (Å²) in [5.41, 5.74) is 4.25. The first kappa shape index (κ1) is 31.9. The van der Waals surface area contributed by atoms with Crippen molar-refractivity contribution in [2.45, 2.75) is 37.3 Å². The van der Waals surface area contributed by atoms with Crippen molar-refractivity contribution in [3.05, 3.63) is 129 Å². The van der Waals surface area contributed by atoms with Crippen LogP contribution in [-0.2, 0) is 9.59 Å². The summed E-state index contributed by atoms with van der Waals surface area (Å²) in [7, 11) is 0. The predicted octanol–water partition coefficient (Wildman–Crippen LogP) is 8.53. The third-order valence-corrected chi connectivity index (χ3v) is 8.67. The molecule has 6 nitrogen and oxygen atoms in total. The smallest absolute Gasteiger partial charge is 0.272 e. The largest absolute Gasteiger partial charge is 0.325 e. The Morgan fingerprint density at radius 3 is 2.33 bits per heavy atom. The molecule has 0 fully saturated rings. The van der Waals surface area contributed by atoms with Crippen molar-refractivity contribution in [2.75, 3.05) is 10.6 Å². The molecular formula is C34H31Cl2N3O3S. The molecule has 0 bridgehead atoms. The number of thioether (sulfide) groups is 1. The van der Waals surface area contributed by atoms with E-state index in [0.29, 0.717) is 28.3 Å². The van der Waals surface area contributed by atoms with Gasteiger partial charge in [0.1, 0.15) is 5.70 Å².